The quantitative estimate of drug-likeness (QED) is 0.273. The molecule has 38 heavy (non-hydrogen) atoms. The van der Waals surface area contributed by atoms with Crippen LogP contribution in [-0.2, 0) is 22.5 Å². The van der Waals surface area contributed by atoms with Gasteiger partial charge >= 0.3 is 12.1 Å². The van der Waals surface area contributed by atoms with Crippen LogP contribution in [0.25, 0.3) is 0 Å². The summed E-state index contributed by atoms with van der Waals surface area (Å²) in [4.78, 5) is 46.7. The van der Waals surface area contributed by atoms with Crippen molar-refractivity contribution in [3.05, 3.63) is 81.3 Å². The molecule has 1 aromatic heterocycles. The Kier molecular flexibility index (Phi) is 7.65. The van der Waals surface area contributed by atoms with Crippen LogP contribution in [0.4, 0.5) is 15.3 Å². The number of hydrogen-bond donors (Lipinski definition) is 1. The number of aromatic nitrogens is 2. The van der Waals surface area contributed by atoms with E-state index in [4.69, 9.17) is 27.9 Å². The first-order valence-corrected chi connectivity index (χ1v) is 13.6. The first kappa shape index (κ1) is 26.5. The molecule has 3 heterocycles. The normalized spacial score (nSPS) is 20.7. The molecule has 2 aliphatic heterocycles. The SMILES string of the molecule is O=C(NCCCn1ccnc1)O[C@H]1CN2C(=O)N(c3cc(Cl)cc(Cl)c3)C(=O)[C@]2(Cc2ccc(Br)cc2)C1. The fourth-order valence-electron chi connectivity index (χ4n) is 5.03. The number of anilines is 1. The summed E-state index contributed by atoms with van der Waals surface area (Å²) < 4.78 is 8.48. The maximum Gasteiger partial charge on any atom is 0.407 e. The number of nitrogens with one attached hydrogen (secondary N) is 1. The van der Waals surface area contributed by atoms with Gasteiger partial charge in [0.1, 0.15) is 11.6 Å². The summed E-state index contributed by atoms with van der Waals surface area (Å²) in [5.74, 6) is -0.407. The van der Waals surface area contributed by atoms with Crippen LogP contribution in [0, 0.1) is 0 Å². The predicted octanol–water partition coefficient (Wildman–Crippen LogP) is 5.29. The van der Waals surface area contributed by atoms with Crippen molar-refractivity contribution in [3.63, 3.8) is 0 Å². The molecular weight excluding hydrogens is 597 g/mol. The summed E-state index contributed by atoms with van der Waals surface area (Å²) in [6.45, 7) is 1.22. The van der Waals surface area contributed by atoms with E-state index >= 15 is 0 Å². The highest BCUT2D eigenvalue weighted by Crippen LogP contribution is 2.44. The van der Waals surface area contributed by atoms with Crippen LogP contribution in [0.5, 0.6) is 0 Å². The van der Waals surface area contributed by atoms with Gasteiger partial charge in [-0.2, -0.15) is 0 Å². The number of nitrogens with zero attached hydrogens (tertiary/aromatic N) is 4. The summed E-state index contributed by atoms with van der Waals surface area (Å²) in [7, 11) is 0. The lowest BCUT2D eigenvalue weighted by Gasteiger charge is -2.28. The Morgan fingerprint density at radius 2 is 1.89 bits per heavy atom. The number of alkyl carbamates (subject to hydrolysis) is 1. The molecule has 0 bridgehead atoms. The first-order valence-electron chi connectivity index (χ1n) is 12.0. The van der Waals surface area contributed by atoms with Crippen LogP contribution in [-0.4, -0.2) is 57.2 Å². The maximum absolute atomic E-state index is 14.0. The zero-order valence-electron chi connectivity index (χ0n) is 20.1. The number of benzene rings is 2. The van der Waals surface area contributed by atoms with Crippen molar-refractivity contribution in [3.8, 4) is 0 Å². The number of fused-ring (bicyclic) bond motifs is 1. The third-order valence-electron chi connectivity index (χ3n) is 6.70. The average molecular weight is 621 g/mol. The average Bonchev–Trinajstić information content (AvgIpc) is 3.55. The molecule has 2 atom stereocenters. The Bertz CT molecular complexity index is 1330. The zero-order valence-corrected chi connectivity index (χ0v) is 23.2. The van der Waals surface area contributed by atoms with Gasteiger partial charge in [-0.3, -0.25) is 4.79 Å². The minimum Gasteiger partial charge on any atom is -0.444 e. The van der Waals surface area contributed by atoms with Crippen molar-refractivity contribution >= 4 is 62.9 Å². The largest absolute Gasteiger partial charge is 0.444 e. The van der Waals surface area contributed by atoms with E-state index in [1.54, 1.807) is 12.5 Å². The minimum atomic E-state index is -1.22. The molecule has 4 amide bonds. The van der Waals surface area contributed by atoms with E-state index in [2.05, 4.69) is 26.2 Å². The van der Waals surface area contributed by atoms with E-state index in [0.29, 0.717) is 35.2 Å². The molecular formula is C26H24BrCl2N5O4. The standard InChI is InChI=1S/C26H24BrCl2N5O4/c27-18-4-2-17(3-5-18)13-26-14-22(38-24(36)31-6-1-8-32-9-7-30-16-32)15-33(26)25(37)34(23(26)35)21-11-19(28)10-20(29)12-21/h2-5,7,9-12,16,22H,1,6,8,13-15H2,(H,31,36)/t22-,26+/m1/s1. The van der Waals surface area contributed by atoms with Crippen LogP contribution in [0.2, 0.25) is 10.0 Å². The summed E-state index contributed by atoms with van der Waals surface area (Å²) in [6.07, 6.45) is 5.17. The van der Waals surface area contributed by atoms with Gasteiger partial charge in [0.05, 0.1) is 18.6 Å². The maximum atomic E-state index is 14.0. The molecule has 12 heteroatoms. The summed E-state index contributed by atoms with van der Waals surface area (Å²) in [6, 6.07) is 11.7. The second-order valence-electron chi connectivity index (χ2n) is 9.31. The van der Waals surface area contributed by atoms with Crippen LogP contribution >= 0.6 is 39.1 Å². The summed E-state index contributed by atoms with van der Waals surface area (Å²) in [5.41, 5.74) is -0.0448. The number of urea groups is 1. The monoisotopic (exact) mass is 619 g/mol. The Morgan fingerprint density at radius 1 is 1.16 bits per heavy atom. The van der Waals surface area contributed by atoms with Crippen molar-refractivity contribution < 1.29 is 19.1 Å². The van der Waals surface area contributed by atoms with Gasteiger partial charge < -0.3 is 19.5 Å². The minimum absolute atomic E-state index is 0.0916. The lowest BCUT2D eigenvalue weighted by atomic mass is 9.87. The molecule has 3 aromatic rings. The molecule has 9 nitrogen and oxygen atoms in total. The van der Waals surface area contributed by atoms with E-state index < -0.39 is 29.7 Å². The second-order valence-corrected chi connectivity index (χ2v) is 11.1. The molecule has 5 rings (SSSR count). The fourth-order valence-corrected chi connectivity index (χ4v) is 5.81. The van der Waals surface area contributed by atoms with Crippen molar-refractivity contribution in [2.75, 3.05) is 18.0 Å². The van der Waals surface area contributed by atoms with Gasteiger partial charge in [-0.15, -0.1) is 0 Å². The van der Waals surface area contributed by atoms with Crippen LogP contribution in [0.15, 0.2) is 65.7 Å². The van der Waals surface area contributed by atoms with Gasteiger partial charge in [-0.05, 0) is 42.3 Å². The first-order chi connectivity index (χ1) is 18.2. The lowest BCUT2D eigenvalue weighted by molar-refractivity contribution is -0.124. The highest BCUT2D eigenvalue weighted by Gasteiger charge is 2.63. The molecule has 0 aliphatic carbocycles. The van der Waals surface area contributed by atoms with E-state index in [9.17, 15) is 14.4 Å². The fraction of sp³-hybridized carbons (Fsp3) is 0.308. The summed E-state index contributed by atoms with van der Waals surface area (Å²) >= 11 is 15.8. The number of imide groups is 1. The molecule has 0 saturated carbocycles. The molecule has 2 aromatic carbocycles. The number of halogens is 3. The topological polar surface area (TPSA) is 96.8 Å². The Labute approximate surface area is 237 Å². The number of carbonyl (C=O) groups is 3. The van der Waals surface area contributed by atoms with Gasteiger partial charge in [-0.25, -0.2) is 19.5 Å². The van der Waals surface area contributed by atoms with Crippen LogP contribution < -0.4 is 10.2 Å². The van der Waals surface area contributed by atoms with E-state index in [0.717, 1.165) is 14.9 Å². The number of ether oxygens (including phenoxy) is 1. The smallest absolute Gasteiger partial charge is 0.407 e. The van der Waals surface area contributed by atoms with E-state index in [1.807, 2.05) is 35.0 Å². The van der Waals surface area contributed by atoms with Gasteiger partial charge in [0.2, 0.25) is 0 Å². The number of imidazole rings is 1. The number of rotatable bonds is 8. The van der Waals surface area contributed by atoms with Gasteiger partial charge in [0.15, 0.2) is 0 Å². The van der Waals surface area contributed by atoms with Crippen molar-refractivity contribution in [1.29, 1.82) is 0 Å². The molecule has 0 unspecified atom stereocenters. The van der Waals surface area contributed by atoms with E-state index in [-0.39, 0.29) is 19.4 Å². The van der Waals surface area contributed by atoms with Crippen molar-refractivity contribution in [1.82, 2.24) is 19.8 Å². The highest BCUT2D eigenvalue weighted by molar-refractivity contribution is 9.10. The Balaban J connectivity index is 1.33. The van der Waals surface area contributed by atoms with Crippen molar-refractivity contribution in [2.24, 2.45) is 0 Å². The highest BCUT2D eigenvalue weighted by atomic mass is 79.9. The third kappa shape index (κ3) is 5.39. The van der Waals surface area contributed by atoms with Gasteiger partial charge in [0.25, 0.3) is 5.91 Å². The lowest BCUT2D eigenvalue weighted by Crippen LogP contribution is -2.47. The van der Waals surface area contributed by atoms with Gasteiger partial charge in [0, 0.05) is 52.8 Å². The molecule has 2 aliphatic rings. The number of aryl methyl sites for hydroxylation is 1. The van der Waals surface area contributed by atoms with Crippen LogP contribution in [0.1, 0.15) is 18.4 Å². The molecule has 2 fully saturated rings. The Hall–Kier alpha value is -3.08. The zero-order chi connectivity index (χ0) is 26.9. The molecule has 0 radical (unpaired) electrons. The van der Waals surface area contributed by atoms with Gasteiger partial charge in [-0.1, -0.05) is 51.3 Å². The predicted molar refractivity (Wildman–Crippen MR) is 146 cm³/mol. The van der Waals surface area contributed by atoms with Crippen molar-refractivity contribution in [2.45, 2.75) is 37.5 Å². The Morgan fingerprint density at radius 3 is 2.58 bits per heavy atom. The van der Waals surface area contributed by atoms with E-state index in [1.165, 1.54) is 23.1 Å². The number of amides is 4. The molecule has 198 valence electrons. The molecule has 1 N–H and O–H groups in total. The number of carbonyl (C=O) groups excluding carboxylic acids is 3. The second kappa shape index (κ2) is 11.0. The third-order valence-corrected chi connectivity index (χ3v) is 7.67. The molecule has 2 saturated heterocycles. The summed E-state index contributed by atoms with van der Waals surface area (Å²) in [5, 5.41) is 3.37. The van der Waals surface area contributed by atoms with Crippen LogP contribution in [0.3, 0.4) is 0 Å². The molecule has 0 spiro atoms. The number of hydrogen-bond acceptors (Lipinski definition) is 5.